The number of nitrogens with one attached hydrogen (secondary N) is 1. The number of amides is 2. The van der Waals surface area contributed by atoms with Gasteiger partial charge in [0.2, 0.25) is 11.8 Å². The smallest absolute Gasteiger partial charge is 0.387 e. The monoisotopic (exact) mass is 430 g/mol. The lowest BCUT2D eigenvalue weighted by Crippen LogP contribution is -2.40. The van der Waals surface area contributed by atoms with Crippen LogP contribution in [0.15, 0.2) is 54.6 Å². The summed E-state index contributed by atoms with van der Waals surface area (Å²) in [5.41, 5.74) is 1.05. The van der Waals surface area contributed by atoms with Gasteiger partial charge < -0.3 is 19.7 Å². The van der Waals surface area contributed by atoms with E-state index in [4.69, 9.17) is 4.74 Å². The van der Waals surface area contributed by atoms with E-state index in [0.29, 0.717) is 31.5 Å². The van der Waals surface area contributed by atoms with Gasteiger partial charge in [-0.15, -0.1) is 0 Å². The Morgan fingerprint density at radius 3 is 2.45 bits per heavy atom. The van der Waals surface area contributed by atoms with E-state index in [2.05, 4.69) is 10.1 Å². The summed E-state index contributed by atoms with van der Waals surface area (Å²) in [5, 5.41) is 2.89. The molecule has 0 aliphatic carbocycles. The summed E-state index contributed by atoms with van der Waals surface area (Å²) >= 11 is 0. The van der Waals surface area contributed by atoms with E-state index >= 15 is 0 Å². The van der Waals surface area contributed by atoms with E-state index < -0.39 is 6.61 Å². The molecule has 0 saturated carbocycles. The normalized spacial score (nSPS) is 14.6. The largest absolute Gasteiger partial charge is 0.493 e. The van der Waals surface area contributed by atoms with Crippen molar-refractivity contribution in [1.29, 1.82) is 0 Å². The quantitative estimate of drug-likeness (QED) is 0.669. The lowest BCUT2D eigenvalue weighted by molar-refractivity contribution is -0.130. The van der Waals surface area contributed by atoms with Gasteiger partial charge >= 0.3 is 6.61 Å². The van der Waals surface area contributed by atoms with Crippen molar-refractivity contribution in [2.75, 3.05) is 25.5 Å². The second kappa shape index (κ2) is 10.6. The van der Waals surface area contributed by atoms with Gasteiger partial charge in [-0.05, 0) is 37.1 Å². The number of benzene rings is 2. The van der Waals surface area contributed by atoms with Crippen molar-refractivity contribution in [2.24, 2.45) is 5.92 Å². The Kier molecular flexibility index (Phi) is 7.59. The summed E-state index contributed by atoms with van der Waals surface area (Å²) in [6.07, 6.45) is 3.85. The second-order valence-corrected chi connectivity index (χ2v) is 7.05. The first-order valence-electron chi connectivity index (χ1n) is 9.92. The van der Waals surface area contributed by atoms with Gasteiger partial charge in [-0.3, -0.25) is 9.59 Å². The summed E-state index contributed by atoms with van der Waals surface area (Å²) in [5.74, 6) is -0.454. The molecule has 1 aliphatic heterocycles. The Bertz CT molecular complexity index is 926. The zero-order valence-electron chi connectivity index (χ0n) is 17.1. The number of hydrogen-bond acceptors (Lipinski definition) is 4. The number of alkyl halides is 2. The number of halogens is 2. The average Bonchev–Trinajstić information content (AvgIpc) is 2.78. The molecular weight excluding hydrogens is 406 g/mol. The molecule has 31 heavy (non-hydrogen) atoms. The third kappa shape index (κ3) is 6.04. The van der Waals surface area contributed by atoms with Gasteiger partial charge in [0, 0.05) is 36.3 Å². The number of piperidine rings is 1. The number of ether oxygens (including phenoxy) is 2. The number of methoxy groups -OCH3 is 1. The third-order valence-electron chi connectivity index (χ3n) is 5.06. The zero-order valence-corrected chi connectivity index (χ0v) is 17.1. The fourth-order valence-electron chi connectivity index (χ4n) is 3.43. The lowest BCUT2D eigenvalue weighted by atomic mass is 9.95. The van der Waals surface area contributed by atoms with Crippen LogP contribution in [0.4, 0.5) is 14.5 Å². The summed E-state index contributed by atoms with van der Waals surface area (Å²) in [6, 6.07) is 13.9. The molecule has 0 atom stereocenters. The van der Waals surface area contributed by atoms with Gasteiger partial charge in [0.25, 0.3) is 0 Å². The standard InChI is InChI=1S/C23H24F2N2O4/c1-30-19-9-5-6-16(21(19)31-23(24)25)10-11-20(28)27-14-12-17(13-15-27)22(29)26-18-7-3-2-4-8-18/h2-11,17,23H,12-15H2,1H3,(H,26,29)/b11-10+. The van der Waals surface area contributed by atoms with Gasteiger partial charge in [-0.25, -0.2) is 0 Å². The van der Waals surface area contributed by atoms with E-state index in [9.17, 15) is 18.4 Å². The maximum absolute atomic E-state index is 12.7. The van der Waals surface area contributed by atoms with Crippen molar-refractivity contribution in [3.63, 3.8) is 0 Å². The second-order valence-electron chi connectivity index (χ2n) is 7.05. The number of rotatable bonds is 7. The van der Waals surface area contributed by atoms with Crippen LogP contribution in [0.2, 0.25) is 0 Å². The molecule has 2 amide bonds. The highest BCUT2D eigenvalue weighted by Crippen LogP contribution is 2.33. The molecule has 6 nitrogen and oxygen atoms in total. The Morgan fingerprint density at radius 2 is 1.81 bits per heavy atom. The molecule has 0 unspecified atom stereocenters. The molecule has 0 aromatic heterocycles. The molecule has 3 rings (SSSR count). The molecule has 2 aromatic carbocycles. The van der Waals surface area contributed by atoms with Crippen LogP contribution in [0.1, 0.15) is 18.4 Å². The van der Waals surface area contributed by atoms with Crippen molar-refractivity contribution in [1.82, 2.24) is 4.90 Å². The van der Waals surface area contributed by atoms with E-state index in [1.165, 1.54) is 25.3 Å². The Labute approximate surface area is 179 Å². The van der Waals surface area contributed by atoms with Crippen LogP contribution in [0, 0.1) is 5.92 Å². The van der Waals surface area contributed by atoms with E-state index in [-0.39, 0.29) is 29.2 Å². The van der Waals surface area contributed by atoms with Gasteiger partial charge in [0.15, 0.2) is 11.5 Å². The zero-order chi connectivity index (χ0) is 22.2. The molecular formula is C23H24F2N2O4. The Hall–Kier alpha value is -3.42. The minimum Gasteiger partial charge on any atom is -0.493 e. The van der Waals surface area contributed by atoms with Crippen LogP contribution >= 0.6 is 0 Å². The van der Waals surface area contributed by atoms with Gasteiger partial charge in [0.05, 0.1) is 7.11 Å². The number of para-hydroxylation sites is 2. The molecule has 164 valence electrons. The van der Waals surface area contributed by atoms with Gasteiger partial charge in [-0.1, -0.05) is 30.3 Å². The van der Waals surface area contributed by atoms with Crippen molar-refractivity contribution in [3.8, 4) is 11.5 Å². The van der Waals surface area contributed by atoms with E-state index in [1.807, 2.05) is 30.3 Å². The maximum Gasteiger partial charge on any atom is 0.387 e. The highest BCUT2D eigenvalue weighted by molar-refractivity contribution is 5.94. The number of likely N-dealkylation sites (tertiary alicyclic amines) is 1. The topological polar surface area (TPSA) is 67.9 Å². The highest BCUT2D eigenvalue weighted by Gasteiger charge is 2.26. The van der Waals surface area contributed by atoms with Crippen LogP contribution < -0.4 is 14.8 Å². The molecule has 0 spiro atoms. The highest BCUT2D eigenvalue weighted by atomic mass is 19.3. The fraction of sp³-hybridized carbons (Fsp3) is 0.304. The predicted molar refractivity (Wildman–Crippen MR) is 113 cm³/mol. The van der Waals surface area contributed by atoms with Crippen molar-refractivity contribution in [3.05, 3.63) is 60.2 Å². The SMILES string of the molecule is COc1cccc(/C=C/C(=O)N2CCC(C(=O)Nc3ccccc3)CC2)c1OC(F)F. The third-order valence-corrected chi connectivity index (χ3v) is 5.06. The molecule has 1 fully saturated rings. The first-order valence-corrected chi connectivity index (χ1v) is 9.92. The van der Waals surface area contributed by atoms with Crippen LogP contribution in [-0.2, 0) is 9.59 Å². The Balaban J connectivity index is 1.58. The van der Waals surface area contributed by atoms with Crippen molar-refractivity contribution in [2.45, 2.75) is 19.5 Å². The molecule has 1 aliphatic rings. The van der Waals surface area contributed by atoms with Crippen LogP contribution in [0.25, 0.3) is 6.08 Å². The number of carbonyl (C=O) groups is 2. The summed E-state index contributed by atoms with van der Waals surface area (Å²) in [6.45, 7) is -2.14. The summed E-state index contributed by atoms with van der Waals surface area (Å²) < 4.78 is 35.1. The molecule has 0 bridgehead atoms. The maximum atomic E-state index is 12.7. The molecule has 2 aromatic rings. The van der Waals surface area contributed by atoms with E-state index in [0.717, 1.165) is 5.69 Å². The minimum absolute atomic E-state index is 0.0565. The number of hydrogen-bond donors (Lipinski definition) is 1. The number of nitrogens with zero attached hydrogens (tertiary/aromatic N) is 1. The molecule has 1 heterocycles. The van der Waals surface area contributed by atoms with Crippen molar-refractivity contribution < 1.29 is 27.8 Å². The molecule has 0 radical (unpaired) electrons. The summed E-state index contributed by atoms with van der Waals surface area (Å²) in [4.78, 5) is 26.6. The summed E-state index contributed by atoms with van der Waals surface area (Å²) in [7, 11) is 1.35. The number of anilines is 1. The average molecular weight is 430 g/mol. The predicted octanol–water partition coefficient (Wildman–Crippen LogP) is 4.19. The van der Waals surface area contributed by atoms with Crippen LogP contribution in [-0.4, -0.2) is 43.5 Å². The first-order chi connectivity index (χ1) is 15.0. The van der Waals surface area contributed by atoms with Crippen molar-refractivity contribution >= 4 is 23.6 Å². The minimum atomic E-state index is -3.01. The Morgan fingerprint density at radius 1 is 1.10 bits per heavy atom. The molecule has 8 heteroatoms. The number of carbonyl (C=O) groups excluding carboxylic acids is 2. The van der Waals surface area contributed by atoms with E-state index in [1.54, 1.807) is 17.0 Å². The lowest BCUT2D eigenvalue weighted by Gasteiger charge is -2.30. The molecule has 1 N–H and O–H groups in total. The van der Waals surface area contributed by atoms with Gasteiger partial charge in [0.1, 0.15) is 0 Å². The molecule has 1 saturated heterocycles. The van der Waals surface area contributed by atoms with Crippen LogP contribution in [0.3, 0.4) is 0 Å². The first kappa shape index (κ1) is 22.3. The van der Waals surface area contributed by atoms with Gasteiger partial charge in [-0.2, -0.15) is 8.78 Å². The van der Waals surface area contributed by atoms with Crippen LogP contribution in [0.5, 0.6) is 11.5 Å². The fourth-order valence-corrected chi connectivity index (χ4v) is 3.43.